The highest BCUT2D eigenvalue weighted by Gasteiger charge is 2.31. The Hall–Kier alpha value is -1.73. The predicted molar refractivity (Wildman–Crippen MR) is 104 cm³/mol. The van der Waals surface area contributed by atoms with Gasteiger partial charge in [-0.1, -0.05) is 23.7 Å². The van der Waals surface area contributed by atoms with Crippen LogP contribution in [0.25, 0.3) is 0 Å². The fraction of sp³-hybridized carbons (Fsp3) is 0.500. The fourth-order valence-corrected chi connectivity index (χ4v) is 3.67. The lowest BCUT2D eigenvalue weighted by Gasteiger charge is -2.33. The number of nitrogens with two attached hydrogens (primary N) is 1. The third-order valence-electron chi connectivity index (χ3n) is 4.54. The van der Waals surface area contributed by atoms with E-state index in [2.05, 4.69) is 5.32 Å². The van der Waals surface area contributed by atoms with Crippen molar-refractivity contribution in [3.8, 4) is 0 Å². The molecule has 0 aromatic heterocycles. The smallest absolute Gasteiger partial charge is 0.253 e. The van der Waals surface area contributed by atoms with Crippen molar-refractivity contribution < 1.29 is 14.4 Å². The monoisotopic (exact) mass is 397 g/mol. The minimum absolute atomic E-state index is 0.123. The van der Waals surface area contributed by atoms with Crippen LogP contribution in [0.1, 0.15) is 29.6 Å². The van der Waals surface area contributed by atoms with E-state index in [9.17, 15) is 14.4 Å². The number of hydrogen-bond acceptors (Lipinski definition) is 4. The summed E-state index contributed by atoms with van der Waals surface area (Å²) in [5.41, 5.74) is 5.69. The first-order chi connectivity index (χ1) is 12.4. The Morgan fingerprint density at radius 2 is 1.96 bits per heavy atom. The van der Waals surface area contributed by atoms with Crippen LogP contribution in [0.15, 0.2) is 24.3 Å². The first-order valence-corrected chi connectivity index (χ1v) is 10.3. The van der Waals surface area contributed by atoms with E-state index in [0.29, 0.717) is 42.9 Å². The van der Waals surface area contributed by atoms with Gasteiger partial charge in [0.25, 0.3) is 5.91 Å². The largest absolute Gasteiger partial charge is 0.369 e. The third-order valence-corrected chi connectivity index (χ3v) is 5.52. The maximum atomic E-state index is 12.9. The molecule has 1 aliphatic heterocycles. The van der Waals surface area contributed by atoms with Gasteiger partial charge in [0.1, 0.15) is 6.04 Å². The molecule has 1 fully saturated rings. The molecule has 26 heavy (non-hydrogen) atoms. The molecule has 6 nitrogen and oxygen atoms in total. The second-order valence-electron chi connectivity index (χ2n) is 6.29. The first kappa shape index (κ1) is 20.6. The molecule has 1 aliphatic rings. The summed E-state index contributed by atoms with van der Waals surface area (Å²) >= 11 is 7.69. The highest BCUT2D eigenvalue weighted by atomic mass is 35.5. The molecule has 8 heteroatoms. The quantitative estimate of drug-likeness (QED) is 0.735. The van der Waals surface area contributed by atoms with E-state index in [-0.39, 0.29) is 23.6 Å². The summed E-state index contributed by atoms with van der Waals surface area (Å²) in [7, 11) is 0. The summed E-state index contributed by atoms with van der Waals surface area (Å²) in [6, 6.07) is 6.14. The Kier molecular flexibility index (Phi) is 7.78. The average Bonchev–Trinajstić information content (AvgIpc) is 2.64. The van der Waals surface area contributed by atoms with Crippen LogP contribution >= 0.6 is 23.4 Å². The first-order valence-electron chi connectivity index (χ1n) is 8.56. The molecule has 1 saturated heterocycles. The molecule has 1 heterocycles. The minimum atomic E-state index is -0.614. The minimum Gasteiger partial charge on any atom is -0.369 e. The van der Waals surface area contributed by atoms with Crippen LogP contribution in [0.2, 0.25) is 5.02 Å². The van der Waals surface area contributed by atoms with Crippen molar-refractivity contribution in [3.63, 3.8) is 0 Å². The van der Waals surface area contributed by atoms with Crippen molar-refractivity contribution in [2.45, 2.75) is 25.3 Å². The van der Waals surface area contributed by atoms with Crippen LogP contribution in [-0.4, -0.2) is 53.8 Å². The number of nitrogens with one attached hydrogen (secondary N) is 1. The molecule has 2 rings (SSSR count). The summed E-state index contributed by atoms with van der Waals surface area (Å²) in [5, 5.41) is 3.17. The van der Waals surface area contributed by atoms with Gasteiger partial charge in [-0.3, -0.25) is 14.4 Å². The van der Waals surface area contributed by atoms with Crippen molar-refractivity contribution in [1.29, 1.82) is 0 Å². The Morgan fingerprint density at radius 3 is 2.54 bits per heavy atom. The van der Waals surface area contributed by atoms with Gasteiger partial charge >= 0.3 is 0 Å². The maximum Gasteiger partial charge on any atom is 0.253 e. The lowest BCUT2D eigenvalue weighted by molar-refractivity contribution is -0.136. The summed E-state index contributed by atoms with van der Waals surface area (Å²) < 4.78 is 0. The highest BCUT2D eigenvalue weighted by molar-refractivity contribution is 7.98. The molecule has 142 valence electrons. The fourth-order valence-electron chi connectivity index (χ4n) is 2.98. The van der Waals surface area contributed by atoms with Gasteiger partial charge in [0.05, 0.1) is 10.6 Å². The van der Waals surface area contributed by atoms with E-state index in [1.54, 1.807) is 40.9 Å². The molecule has 3 N–H and O–H groups in total. The highest BCUT2D eigenvalue weighted by Crippen LogP contribution is 2.19. The molecule has 3 amide bonds. The summed E-state index contributed by atoms with van der Waals surface area (Å²) in [6.07, 6.45) is 3.62. The van der Waals surface area contributed by atoms with Gasteiger partial charge in [-0.05, 0) is 43.4 Å². The van der Waals surface area contributed by atoms with Gasteiger partial charge < -0.3 is 16.0 Å². The van der Waals surface area contributed by atoms with Crippen LogP contribution in [0.4, 0.5) is 0 Å². The van der Waals surface area contributed by atoms with Gasteiger partial charge in [0.2, 0.25) is 11.8 Å². The molecule has 0 spiro atoms. The van der Waals surface area contributed by atoms with Crippen molar-refractivity contribution in [2.24, 2.45) is 11.7 Å². The predicted octanol–water partition coefficient (Wildman–Crippen LogP) is 1.92. The number of rotatable bonds is 7. The zero-order valence-electron chi connectivity index (χ0n) is 14.7. The van der Waals surface area contributed by atoms with E-state index in [1.807, 2.05) is 6.26 Å². The number of thioether (sulfide) groups is 1. The Bertz CT molecular complexity index is 663. The normalized spacial score (nSPS) is 16.2. The number of likely N-dealkylation sites (tertiary alicyclic amines) is 1. The number of nitrogens with zero attached hydrogens (tertiary/aromatic N) is 1. The van der Waals surface area contributed by atoms with Crippen LogP contribution in [0, 0.1) is 5.92 Å². The topological polar surface area (TPSA) is 92.5 Å². The second kappa shape index (κ2) is 9.83. The lowest BCUT2D eigenvalue weighted by Crippen LogP contribution is -2.51. The van der Waals surface area contributed by atoms with E-state index in [0.717, 1.165) is 5.75 Å². The molecule has 0 radical (unpaired) electrons. The number of primary amides is 1. The van der Waals surface area contributed by atoms with Gasteiger partial charge in [-0.15, -0.1) is 0 Å². The Morgan fingerprint density at radius 1 is 1.31 bits per heavy atom. The summed E-state index contributed by atoms with van der Waals surface area (Å²) in [4.78, 5) is 38.4. The van der Waals surface area contributed by atoms with Crippen molar-refractivity contribution in [2.75, 3.05) is 25.1 Å². The van der Waals surface area contributed by atoms with Gasteiger partial charge in [0.15, 0.2) is 0 Å². The number of piperidine rings is 1. The number of carbonyl (C=O) groups is 3. The number of hydrogen-bond donors (Lipinski definition) is 2. The molecule has 0 unspecified atom stereocenters. The number of halogens is 1. The van der Waals surface area contributed by atoms with Crippen molar-refractivity contribution in [1.82, 2.24) is 10.2 Å². The molecule has 1 atom stereocenters. The van der Waals surface area contributed by atoms with E-state index in [1.165, 1.54) is 0 Å². The SMILES string of the molecule is CSCC[C@@H](NC(=O)c1ccccc1Cl)C(=O)N1CCC(C(N)=O)CC1. The zero-order valence-corrected chi connectivity index (χ0v) is 16.3. The Balaban J connectivity index is 2.04. The molecular weight excluding hydrogens is 374 g/mol. The van der Waals surface area contributed by atoms with Crippen LogP contribution in [0.3, 0.4) is 0 Å². The van der Waals surface area contributed by atoms with Crippen molar-refractivity contribution in [3.05, 3.63) is 34.9 Å². The van der Waals surface area contributed by atoms with Crippen LogP contribution < -0.4 is 11.1 Å². The van der Waals surface area contributed by atoms with Gasteiger partial charge in [-0.2, -0.15) is 11.8 Å². The van der Waals surface area contributed by atoms with Gasteiger partial charge in [-0.25, -0.2) is 0 Å². The standard InChI is InChI=1S/C18H24ClN3O3S/c1-26-11-8-15(21-17(24)13-4-2-3-5-14(13)19)18(25)22-9-6-12(7-10-22)16(20)23/h2-5,12,15H,6-11H2,1H3,(H2,20,23)(H,21,24)/t15-/m1/s1. The molecule has 0 aliphatic carbocycles. The van der Waals surface area contributed by atoms with Crippen LogP contribution in [0.5, 0.6) is 0 Å². The lowest BCUT2D eigenvalue weighted by atomic mass is 9.95. The summed E-state index contributed by atoms with van der Waals surface area (Å²) in [5.74, 6) is -0.231. The average molecular weight is 398 g/mol. The molecular formula is C18H24ClN3O3S. The van der Waals surface area contributed by atoms with E-state index in [4.69, 9.17) is 17.3 Å². The zero-order chi connectivity index (χ0) is 19.1. The molecule has 1 aromatic rings. The number of amides is 3. The molecule has 0 saturated carbocycles. The molecule has 1 aromatic carbocycles. The van der Waals surface area contributed by atoms with Gasteiger partial charge in [0, 0.05) is 19.0 Å². The molecule has 0 bridgehead atoms. The number of carbonyl (C=O) groups excluding carboxylic acids is 3. The van der Waals surface area contributed by atoms with E-state index < -0.39 is 6.04 Å². The second-order valence-corrected chi connectivity index (χ2v) is 7.68. The maximum absolute atomic E-state index is 12.9. The Labute approximate surface area is 162 Å². The third kappa shape index (κ3) is 5.38. The van der Waals surface area contributed by atoms with Crippen LogP contribution in [-0.2, 0) is 9.59 Å². The van der Waals surface area contributed by atoms with Crippen molar-refractivity contribution >= 4 is 41.1 Å². The number of benzene rings is 1. The summed E-state index contributed by atoms with van der Waals surface area (Å²) in [6.45, 7) is 0.953. The van der Waals surface area contributed by atoms with E-state index >= 15 is 0 Å².